The number of hydrogen-bond donors (Lipinski definition) is 1. The van der Waals surface area contributed by atoms with E-state index in [-0.39, 0.29) is 11.8 Å². The van der Waals surface area contributed by atoms with Crippen LogP contribution in [0.4, 0.5) is 5.88 Å². The van der Waals surface area contributed by atoms with Gasteiger partial charge in [0.2, 0.25) is 5.88 Å². The van der Waals surface area contributed by atoms with Crippen LogP contribution in [0.25, 0.3) is 0 Å². The van der Waals surface area contributed by atoms with Crippen molar-refractivity contribution < 1.29 is 14.1 Å². The van der Waals surface area contributed by atoms with Gasteiger partial charge in [-0.25, -0.2) is 0 Å². The molecule has 0 aliphatic carbocycles. The van der Waals surface area contributed by atoms with Crippen molar-refractivity contribution in [2.24, 2.45) is 0 Å². The number of carbonyl (C=O) groups is 1. The van der Waals surface area contributed by atoms with Crippen LogP contribution in [0.2, 0.25) is 0 Å². The van der Waals surface area contributed by atoms with Gasteiger partial charge in [0.15, 0.2) is 0 Å². The summed E-state index contributed by atoms with van der Waals surface area (Å²) >= 11 is 0. The fourth-order valence-corrected chi connectivity index (χ4v) is 1.57. The number of nitrogens with zero attached hydrogens (tertiary/aromatic N) is 2. The van der Waals surface area contributed by atoms with Crippen molar-refractivity contribution in [1.29, 1.82) is 0 Å². The summed E-state index contributed by atoms with van der Waals surface area (Å²) in [6.45, 7) is 4.01. The summed E-state index contributed by atoms with van der Waals surface area (Å²) in [5, 5.41) is 3.65. The first kappa shape index (κ1) is 9.97. The zero-order chi connectivity index (χ0) is 10.8. The third-order valence-electron chi connectivity index (χ3n) is 2.40. The van der Waals surface area contributed by atoms with Gasteiger partial charge < -0.3 is 19.9 Å². The summed E-state index contributed by atoms with van der Waals surface area (Å²) in [6, 6.07) is 0. The van der Waals surface area contributed by atoms with Gasteiger partial charge in [-0.2, -0.15) is 0 Å². The molecule has 1 aliphatic rings. The molecule has 0 spiro atoms. The number of nitrogen functional groups attached to an aromatic ring is 1. The molecule has 15 heavy (non-hydrogen) atoms. The van der Waals surface area contributed by atoms with Crippen molar-refractivity contribution in [1.82, 2.24) is 10.1 Å². The number of ether oxygens (including phenoxy) is 1. The van der Waals surface area contributed by atoms with Crippen LogP contribution in [-0.2, 0) is 4.74 Å². The molecule has 2 N–H and O–H groups in total. The van der Waals surface area contributed by atoms with E-state index in [0.29, 0.717) is 37.6 Å². The second-order valence-corrected chi connectivity index (χ2v) is 3.41. The SMILES string of the molecule is Cc1noc(N)c1C(=O)N1CCOCC1. The largest absolute Gasteiger partial charge is 0.378 e. The fraction of sp³-hybridized carbons (Fsp3) is 0.556. The third-order valence-corrected chi connectivity index (χ3v) is 2.40. The molecular weight excluding hydrogens is 198 g/mol. The van der Waals surface area contributed by atoms with Gasteiger partial charge >= 0.3 is 0 Å². The number of amides is 1. The average molecular weight is 211 g/mol. The highest BCUT2D eigenvalue weighted by atomic mass is 16.5. The second-order valence-electron chi connectivity index (χ2n) is 3.41. The van der Waals surface area contributed by atoms with E-state index in [1.54, 1.807) is 11.8 Å². The van der Waals surface area contributed by atoms with E-state index in [1.165, 1.54) is 0 Å². The Hall–Kier alpha value is -1.56. The van der Waals surface area contributed by atoms with Crippen molar-refractivity contribution in [3.05, 3.63) is 11.3 Å². The highest BCUT2D eigenvalue weighted by Crippen LogP contribution is 2.18. The monoisotopic (exact) mass is 211 g/mol. The number of hydrogen-bond acceptors (Lipinski definition) is 5. The van der Waals surface area contributed by atoms with Gasteiger partial charge in [-0.15, -0.1) is 0 Å². The van der Waals surface area contributed by atoms with Gasteiger partial charge in [-0.05, 0) is 6.92 Å². The minimum atomic E-state index is -0.130. The Balaban J connectivity index is 2.19. The van der Waals surface area contributed by atoms with E-state index in [9.17, 15) is 4.79 Å². The molecule has 0 saturated carbocycles. The lowest BCUT2D eigenvalue weighted by Crippen LogP contribution is -2.41. The highest BCUT2D eigenvalue weighted by Gasteiger charge is 2.25. The Morgan fingerprint density at radius 1 is 1.47 bits per heavy atom. The third kappa shape index (κ3) is 1.80. The Labute approximate surface area is 87.0 Å². The normalized spacial score (nSPS) is 16.7. The van der Waals surface area contributed by atoms with Gasteiger partial charge in [0.05, 0.1) is 18.9 Å². The Morgan fingerprint density at radius 3 is 2.67 bits per heavy atom. The number of anilines is 1. The molecule has 82 valence electrons. The molecule has 0 bridgehead atoms. The summed E-state index contributed by atoms with van der Waals surface area (Å²) in [5.74, 6) is -0.0430. The van der Waals surface area contributed by atoms with Crippen LogP contribution in [0.1, 0.15) is 16.1 Å². The molecule has 6 heteroatoms. The highest BCUT2D eigenvalue weighted by molar-refractivity contribution is 5.99. The Kier molecular flexibility index (Phi) is 2.59. The molecule has 1 amide bonds. The number of aromatic nitrogens is 1. The fourth-order valence-electron chi connectivity index (χ4n) is 1.57. The van der Waals surface area contributed by atoms with Crippen LogP contribution in [0.15, 0.2) is 4.52 Å². The molecule has 1 aliphatic heterocycles. The van der Waals surface area contributed by atoms with Crippen molar-refractivity contribution in [3.63, 3.8) is 0 Å². The van der Waals surface area contributed by atoms with E-state index in [2.05, 4.69) is 5.16 Å². The lowest BCUT2D eigenvalue weighted by atomic mass is 10.2. The maximum absolute atomic E-state index is 12.0. The van der Waals surface area contributed by atoms with E-state index in [0.717, 1.165) is 0 Å². The van der Waals surface area contributed by atoms with Crippen molar-refractivity contribution in [2.45, 2.75) is 6.92 Å². The lowest BCUT2D eigenvalue weighted by Gasteiger charge is -2.26. The molecule has 1 saturated heterocycles. The van der Waals surface area contributed by atoms with E-state index in [1.807, 2.05) is 0 Å². The first-order chi connectivity index (χ1) is 7.20. The summed E-state index contributed by atoms with van der Waals surface area (Å²) in [6.07, 6.45) is 0. The average Bonchev–Trinajstić information content (AvgIpc) is 2.59. The number of morpholine rings is 1. The molecule has 6 nitrogen and oxygen atoms in total. The number of aryl methyl sites for hydroxylation is 1. The van der Waals surface area contributed by atoms with Gasteiger partial charge in [0.25, 0.3) is 5.91 Å². The maximum atomic E-state index is 12.0. The van der Waals surface area contributed by atoms with Gasteiger partial charge in [0.1, 0.15) is 5.56 Å². The first-order valence-corrected chi connectivity index (χ1v) is 4.79. The zero-order valence-corrected chi connectivity index (χ0v) is 8.52. The molecular formula is C9H13N3O3. The number of nitrogens with two attached hydrogens (primary N) is 1. The van der Waals surface area contributed by atoms with Crippen molar-refractivity contribution in [3.8, 4) is 0 Å². The Morgan fingerprint density at radius 2 is 2.13 bits per heavy atom. The molecule has 1 aromatic heterocycles. The number of carbonyl (C=O) groups excluding carboxylic acids is 1. The molecule has 1 aromatic rings. The van der Waals surface area contributed by atoms with Crippen LogP contribution < -0.4 is 5.73 Å². The lowest BCUT2D eigenvalue weighted by molar-refractivity contribution is 0.0303. The molecule has 0 atom stereocenters. The number of rotatable bonds is 1. The Bertz CT molecular complexity index is 349. The van der Waals surface area contributed by atoms with Gasteiger partial charge in [0, 0.05) is 13.1 Å². The quantitative estimate of drug-likeness (QED) is 0.709. The smallest absolute Gasteiger partial charge is 0.261 e. The van der Waals surface area contributed by atoms with Gasteiger partial charge in [-0.1, -0.05) is 5.16 Å². The summed E-state index contributed by atoms with van der Waals surface area (Å²) in [4.78, 5) is 13.7. The first-order valence-electron chi connectivity index (χ1n) is 4.79. The molecule has 0 radical (unpaired) electrons. The summed E-state index contributed by atoms with van der Waals surface area (Å²) in [5.41, 5.74) is 6.44. The maximum Gasteiger partial charge on any atom is 0.261 e. The zero-order valence-electron chi connectivity index (χ0n) is 8.52. The minimum Gasteiger partial charge on any atom is -0.378 e. The van der Waals surface area contributed by atoms with Crippen LogP contribution in [0, 0.1) is 6.92 Å². The van der Waals surface area contributed by atoms with Crippen LogP contribution >= 0.6 is 0 Å². The minimum absolute atomic E-state index is 0.0870. The predicted octanol–water partition coefficient (Wildman–Crippen LogP) is 0.0376. The summed E-state index contributed by atoms with van der Waals surface area (Å²) in [7, 11) is 0. The standard InChI is InChI=1S/C9H13N3O3/c1-6-7(8(10)15-11-6)9(13)12-2-4-14-5-3-12/h2-5,10H2,1H3. The van der Waals surface area contributed by atoms with Crippen molar-refractivity contribution >= 4 is 11.8 Å². The van der Waals surface area contributed by atoms with Crippen LogP contribution in [0.3, 0.4) is 0 Å². The van der Waals surface area contributed by atoms with E-state index >= 15 is 0 Å². The summed E-state index contributed by atoms with van der Waals surface area (Å²) < 4.78 is 9.92. The molecule has 0 unspecified atom stereocenters. The van der Waals surface area contributed by atoms with E-state index in [4.69, 9.17) is 15.0 Å². The molecule has 1 fully saturated rings. The topological polar surface area (TPSA) is 81.6 Å². The van der Waals surface area contributed by atoms with Crippen LogP contribution in [0.5, 0.6) is 0 Å². The molecule has 2 heterocycles. The van der Waals surface area contributed by atoms with E-state index < -0.39 is 0 Å². The molecule has 0 aromatic carbocycles. The second kappa shape index (κ2) is 3.90. The molecule has 2 rings (SSSR count). The predicted molar refractivity (Wildman–Crippen MR) is 52.4 cm³/mol. The van der Waals surface area contributed by atoms with Crippen LogP contribution in [-0.4, -0.2) is 42.3 Å². The van der Waals surface area contributed by atoms with Gasteiger partial charge in [-0.3, -0.25) is 4.79 Å². The van der Waals surface area contributed by atoms with Crippen molar-refractivity contribution in [2.75, 3.05) is 32.0 Å².